The SMILES string of the molecule is C=C(C)CC(C)(OCCC(C)/C(=C\CC)CC(C)(C)C(C)C)c1ccc(-c2ccc(C)cn2)cc1. The molecule has 0 bridgehead atoms. The molecule has 0 aliphatic rings. The zero-order valence-electron chi connectivity index (χ0n) is 23.9. The topological polar surface area (TPSA) is 22.1 Å². The Kier molecular flexibility index (Phi) is 10.5. The summed E-state index contributed by atoms with van der Waals surface area (Å²) in [5.41, 5.74) is 7.11. The van der Waals surface area contributed by atoms with Gasteiger partial charge in [0.1, 0.15) is 0 Å². The minimum Gasteiger partial charge on any atom is -0.370 e. The van der Waals surface area contributed by atoms with Crippen molar-refractivity contribution in [1.82, 2.24) is 4.98 Å². The molecule has 0 amide bonds. The number of aryl methyl sites for hydroxylation is 1. The summed E-state index contributed by atoms with van der Waals surface area (Å²) in [7, 11) is 0. The number of benzene rings is 1. The lowest BCUT2D eigenvalue weighted by Crippen LogP contribution is -2.28. The number of nitrogens with zero attached hydrogens (tertiary/aromatic N) is 1. The number of ether oxygens (including phenoxy) is 1. The van der Waals surface area contributed by atoms with E-state index >= 15 is 0 Å². The molecule has 2 unspecified atom stereocenters. The summed E-state index contributed by atoms with van der Waals surface area (Å²) in [5.74, 6) is 1.17. The fourth-order valence-electron chi connectivity index (χ4n) is 4.53. The average molecular weight is 476 g/mol. The van der Waals surface area contributed by atoms with Gasteiger partial charge in [-0.15, -0.1) is 6.58 Å². The number of aromatic nitrogens is 1. The van der Waals surface area contributed by atoms with Crippen LogP contribution in [-0.4, -0.2) is 11.6 Å². The summed E-state index contributed by atoms with van der Waals surface area (Å²) < 4.78 is 6.66. The van der Waals surface area contributed by atoms with Gasteiger partial charge in [0.25, 0.3) is 0 Å². The maximum absolute atomic E-state index is 6.66. The molecule has 192 valence electrons. The summed E-state index contributed by atoms with van der Waals surface area (Å²) >= 11 is 0. The standard InChI is InChI=1S/C33H49NO/c1-11-12-29(22-32(8,9)25(4)5)27(7)19-20-35-33(10,21-24(2)3)30-16-14-28(15-17-30)31-18-13-26(6)23-34-31/h12-18,23,25,27H,2,11,19-22H2,1,3-10H3/b29-12-. The molecular weight excluding hydrogens is 426 g/mol. The third-order valence-corrected chi connectivity index (χ3v) is 7.64. The Bertz CT molecular complexity index is 965. The Morgan fingerprint density at radius 3 is 2.20 bits per heavy atom. The van der Waals surface area contributed by atoms with E-state index < -0.39 is 5.60 Å². The van der Waals surface area contributed by atoms with Crippen molar-refractivity contribution >= 4 is 0 Å². The molecule has 0 fully saturated rings. The van der Waals surface area contributed by atoms with Gasteiger partial charge in [0.2, 0.25) is 0 Å². The molecule has 0 radical (unpaired) electrons. The summed E-state index contributed by atoms with van der Waals surface area (Å²) in [4.78, 5) is 4.57. The Hall–Kier alpha value is -2.19. The monoisotopic (exact) mass is 475 g/mol. The summed E-state index contributed by atoms with van der Waals surface area (Å²) in [6, 6.07) is 12.9. The lowest BCUT2D eigenvalue weighted by Gasteiger charge is -2.34. The lowest BCUT2D eigenvalue weighted by atomic mass is 9.73. The highest BCUT2D eigenvalue weighted by molar-refractivity contribution is 5.59. The van der Waals surface area contributed by atoms with Crippen molar-refractivity contribution in [2.24, 2.45) is 17.3 Å². The number of pyridine rings is 1. The molecule has 2 atom stereocenters. The summed E-state index contributed by atoms with van der Waals surface area (Å²) in [6.45, 7) is 25.3. The Labute approximate surface area is 215 Å². The predicted molar refractivity (Wildman–Crippen MR) is 153 cm³/mol. The predicted octanol–water partition coefficient (Wildman–Crippen LogP) is 9.69. The molecule has 35 heavy (non-hydrogen) atoms. The molecule has 1 aromatic carbocycles. The Morgan fingerprint density at radius 1 is 1.03 bits per heavy atom. The molecule has 1 aromatic heterocycles. The van der Waals surface area contributed by atoms with E-state index in [2.05, 4.69) is 116 Å². The van der Waals surface area contributed by atoms with Crippen LogP contribution in [0.25, 0.3) is 11.3 Å². The Balaban J connectivity index is 2.13. The van der Waals surface area contributed by atoms with E-state index in [-0.39, 0.29) is 0 Å². The van der Waals surface area contributed by atoms with Crippen molar-refractivity contribution in [3.05, 3.63) is 77.5 Å². The summed E-state index contributed by atoms with van der Waals surface area (Å²) in [5, 5.41) is 0. The van der Waals surface area contributed by atoms with Crippen LogP contribution in [-0.2, 0) is 10.3 Å². The van der Waals surface area contributed by atoms with Crippen LogP contribution >= 0.6 is 0 Å². The Morgan fingerprint density at radius 2 is 1.69 bits per heavy atom. The van der Waals surface area contributed by atoms with Crippen LogP contribution < -0.4 is 0 Å². The molecule has 2 aromatic rings. The molecule has 0 saturated heterocycles. The third kappa shape index (κ3) is 8.46. The lowest BCUT2D eigenvalue weighted by molar-refractivity contribution is -0.0399. The van der Waals surface area contributed by atoms with Gasteiger partial charge in [-0.2, -0.15) is 0 Å². The molecule has 2 rings (SSSR count). The second-order valence-electron chi connectivity index (χ2n) is 11.7. The first-order valence-electron chi connectivity index (χ1n) is 13.4. The highest BCUT2D eigenvalue weighted by Crippen LogP contribution is 2.38. The fraction of sp³-hybridized carbons (Fsp3) is 0.545. The van der Waals surface area contributed by atoms with Crippen molar-refractivity contribution in [3.63, 3.8) is 0 Å². The number of rotatable bonds is 13. The van der Waals surface area contributed by atoms with E-state index in [9.17, 15) is 0 Å². The van der Waals surface area contributed by atoms with E-state index in [1.54, 1.807) is 5.57 Å². The normalized spacial score (nSPS) is 15.2. The van der Waals surface area contributed by atoms with Crippen LogP contribution in [0, 0.1) is 24.2 Å². The van der Waals surface area contributed by atoms with Gasteiger partial charge in [-0.1, -0.05) is 89.1 Å². The smallest absolute Gasteiger partial charge is 0.0939 e. The van der Waals surface area contributed by atoms with E-state index in [1.807, 2.05) is 6.20 Å². The van der Waals surface area contributed by atoms with Gasteiger partial charge in [-0.3, -0.25) is 4.98 Å². The average Bonchev–Trinajstić information content (AvgIpc) is 2.78. The third-order valence-electron chi connectivity index (χ3n) is 7.64. The second kappa shape index (κ2) is 12.7. The van der Waals surface area contributed by atoms with Crippen LogP contribution in [0.5, 0.6) is 0 Å². The highest BCUT2D eigenvalue weighted by Gasteiger charge is 2.29. The molecule has 1 heterocycles. The van der Waals surface area contributed by atoms with E-state index in [0.29, 0.717) is 17.3 Å². The molecule has 2 heteroatoms. The number of hydrogen-bond donors (Lipinski definition) is 0. The van der Waals surface area contributed by atoms with Crippen LogP contribution in [0.15, 0.2) is 66.4 Å². The highest BCUT2D eigenvalue weighted by atomic mass is 16.5. The van der Waals surface area contributed by atoms with Gasteiger partial charge in [0.15, 0.2) is 0 Å². The van der Waals surface area contributed by atoms with Gasteiger partial charge in [0.05, 0.1) is 11.3 Å². The van der Waals surface area contributed by atoms with Crippen molar-refractivity contribution in [2.75, 3.05) is 6.61 Å². The number of hydrogen-bond acceptors (Lipinski definition) is 2. The maximum Gasteiger partial charge on any atom is 0.0939 e. The van der Waals surface area contributed by atoms with Gasteiger partial charge in [-0.25, -0.2) is 0 Å². The second-order valence-corrected chi connectivity index (χ2v) is 11.7. The van der Waals surface area contributed by atoms with Crippen LogP contribution in [0.3, 0.4) is 0 Å². The van der Waals surface area contributed by atoms with E-state index in [1.165, 1.54) is 11.1 Å². The van der Waals surface area contributed by atoms with E-state index in [4.69, 9.17) is 4.74 Å². The summed E-state index contributed by atoms with van der Waals surface area (Å²) in [6.07, 6.45) is 8.43. The molecule has 0 saturated carbocycles. The van der Waals surface area contributed by atoms with Crippen molar-refractivity contribution in [3.8, 4) is 11.3 Å². The first-order chi connectivity index (χ1) is 16.4. The molecular formula is C33H49NO. The van der Waals surface area contributed by atoms with Crippen molar-refractivity contribution in [1.29, 1.82) is 0 Å². The molecule has 2 nitrogen and oxygen atoms in total. The molecule has 0 spiro atoms. The largest absolute Gasteiger partial charge is 0.370 e. The van der Waals surface area contributed by atoms with Crippen LogP contribution in [0.1, 0.15) is 92.2 Å². The van der Waals surface area contributed by atoms with Crippen molar-refractivity contribution < 1.29 is 4.74 Å². The first kappa shape index (κ1) is 29.0. The van der Waals surface area contributed by atoms with Gasteiger partial charge >= 0.3 is 0 Å². The minimum atomic E-state index is -0.392. The molecule has 0 aliphatic heterocycles. The first-order valence-corrected chi connectivity index (χ1v) is 13.4. The fourth-order valence-corrected chi connectivity index (χ4v) is 4.53. The molecule has 0 N–H and O–H groups in total. The number of allylic oxidation sites excluding steroid dienone is 2. The quantitative estimate of drug-likeness (QED) is 0.269. The zero-order chi connectivity index (χ0) is 26.2. The minimum absolute atomic E-state index is 0.304. The van der Waals surface area contributed by atoms with Gasteiger partial charge in [0, 0.05) is 24.8 Å². The zero-order valence-corrected chi connectivity index (χ0v) is 23.9. The van der Waals surface area contributed by atoms with Crippen molar-refractivity contribution in [2.45, 2.75) is 93.6 Å². The van der Waals surface area contributed by atoms with E-state index in [0.717, 1.165) is 49.1 Å². The van der Waals surface area contributed by atoms with Crippen LogP contribution in [0.2, 0.25) is 0 Å². The maximum atomic E-state index is 6.66. The van der Waals surface area contributed by atoms with Gasteiger partial charge in [-0.05, 0) is 74.5 Å². The molecule has 0 aliphatic carbocycles. The van der Waals surface area contributed by atoms with Gasteiger partial charge < -0.3 is 4.74 Å². The van der Waals surface area contributed by atoms with Crippen LogP contribution in [0.4, 0.5) is 0 Å².